The molecule has 7 nitrogen and oxygen atoms in total. The zero-order chi connectivity index (χ0) is 19.3. The fourth-order valence-corrected chi connectivity index (χ4v) is 3.26. The lowest BCUT2D eigenvalue weighted by Gasteiger charge is -2.20. The summed E-state index contributed by atoms with van der Waals surface area (Å²) in [4.78, 5) is 12.3. The summed E-state index contributed by atoms with van der Waals surface area (Å²) in [6, 6.07) is 13.6. The highest BCUT2D eigenvalue weighted by molar-refractivity contribution is 6.32. The summed E-state index contributed by atoms with van der Waals surface area (Å²) in [6.07, 6.45) is 2.25. The first kappa shape index (κ1) is 18.3. The molecule has 0 aliphatic carbocycles. The average molecular weight is 399 g/mol. The number of carbonyl (C=O) groups excluding carboxylic acids is 1. The number of nitrogens with one attached hydrogen (secondary N) is 1. The minimum absolute atomic E-state index is 0.261. The van der Waals surface area contributed by atoms with E-state index in [9.17, 15) is 4.79 Å². The van der Waals surface area contributed by atoms with Gasteiger partial charge in [-0.2, -0.15) is 0 Å². The Morgan fingerprint density at radius 1 is 1.14 bits per heavy atom. The molecule has 8 heteroatoms. The van der Waals surface area contributed by atoms with E-state index in [1.807, 2.05) is 42.5 Å². The molecule has 0 saturated carbocycles. The topological polar surface area (TPSA) is 78.3 Å². The first-order chi connectivity index (χ1) is 13.7. The smallest absolute Gasteiger partial charge is 0.273 e. The van der Waals surface area contributed by atoms with Gasteiger partial charge in [-0.3, -0.25) is 4.79 Å². The number of amides is 1. The number of aromatic nitrogens is 3. The van der Waals surface area contributed by atoms with E-state index in [4.69, 9.17) is 21.1 Å². The molecule has 0 fully saturated rings. The molecule has 144 valence electrons. The van der Waals surface area contributed by atoms with Gasteiger partial charge in [0.05, 0.1) is 17.8 Å². The Hall–Kier alpha value is -3.06. The largest absolute Gasteiger partial charge is 0.486 e. The number of fused-ring (bicyclic) bond motifs is 1. The molecule has 1 aliphatic rings. The number of ether oxygens (including phenoxy) is 2. The Morgan fingerprint density at radius 2 is 1.96 bits per heavy atom. The van der Waals surface area contributed by atoms with Gasteiger partial charge in [0.25, 0.3) is 5.91 Å². The first-order valence-electron chi connectivity index (χ1n) is 8.99. The van der Waals surface area contributed by atoms with Crippen molar-refractivity contribution >= 4 is 17.5 Å². The van der Waals surface area contributed by atoms with Crippen LogP contribution in [0.2, 0.25) is 5.02 Å². The fraction of sp³-hybridized carbons (Fsp3) is 0.250. The summed E-state index contributed by atoms with van der Waals surface area (Å²) in [5.74, 6) is 0.961. The van der Waals surface area contributed by atoms with Crippen LogP contribution in [-0.4, -0.2) is 40.7 Å². The fourth-order valence-electron chi connectivity index (χ4n) is 2.97. The molecule has 1 amide bonds. The zero-order valence-corrected chi connectivity index (χ0v) is 15.9. The zero-order valence-electron chi connectivity index (χ0n) is 15.1. The van der Waals surface area contributed by atoms with E-state index in [0.717, 1.165) is 11.1 Å². The molecule has 0 unspecified atom stereocenters. The summed E-state index contributed by atoms with van der Waals surface area (Å²) < 4.78 is 12.7. The number of benzene rings is 2. The SMILES string of the molecule is O=C(NCCc1cc(Cl)c2c(c1)OCCO2)c1cn(Cc2ccccc2)nn1. The van der Waals surface area contributed by atoms with Gasteiger partial charge in [-0.1, -0.05) is 47.1 Å². The molecular weight excluding hydrogens is 380 g/mol. The van der Waals surface area contributed by atoms with Gasteiger partial charge in [0.1, 0.15) is 13.2 Å². The van der Waals surface area contributed by atoms with Crippen LogP contribution in [0.5, 0.6) is 11.5 Å². The molecule has 4 rings (SSSR count). The molecule has 3 aromatic rings. The second kappa shape index (κ2) is 8.31. The van der Waals surface area contributed by atoms with Crippen LogP contribution in [0.15, 0.2) is 48.7 Å². The Kier molecular flexibility index (Phi) is 5.43. The molecular formula is C20H19ClN4O3. The Labute approximate surface area is 167 Å². The van der Waals surface area contributed by atoms with Crippen molar-refractivity contribution in [3.8, 4) is 11.5 Å². The van der Waals surface area contributed by atoms with Crippen LogP contribution < -0.4 is 14.8 Å². The average Bonchev–Trinajstić information content (AvgIpc) is 3.17. The highest BCUT2D eigenvalue weighted by Gasteiger charge is 2.17. The predicted molar refractivity (Wildman–Crippen MR) is 104 cm³/mol. The molecule has 28 heavy (non-hydrogen) atoms. The number of hydrogen-bond acceptors (Lipinski definition) is 5. The maximum atomic E-state index is 12.3. The van der Waals surface area contributed by atoms with Crippen molar-refractivity contribution in [2.24, 2.45) is 0 Å². The van der Waals surface area contributed by atoms with Gasteiger partial charge in [0.15, 0.2) is 17.2 Å². The summed E-state index contributed by atoms with van der Waals surface area (Å²) in [6.45, 7) is 2.01. The van der Waals surface area contributed by atoms with Crippen molar-refractivity contribution in [2.75, 3.05) is 19.8 Å². The predicted octanol–water partition coefficient (Wildman–Crippen LogP) is 2.72. The summed E-state index contributed by atoms with van der Waals surface area (Å²) in [7, 11) is 0. The van der Waals surface area contributed by atoms with Gasteiger partial charge < -0.3 is 14.8 Å². The monoisotopic (exact) mass is 398 g/mol. The Bertz CT molecular complexity index is 975. The van der Waals surface area contributed by atoms with E-state index >= 15 is 0 Å². The lowest BCUT2D eigenvalue weighted by atomic mass is 10.1. The summed E-state index contributed by atoms with van der Waals surface area (Å²) in [5, 5.41) is 11.3. The molecule has 1 N–H and O–H groups in total. The molecule has 1 aromatic heterocycles. The molecule has 1 aliphatic heterocycles. The van der Waals surface area contributed by atoms with Gasteiger partial charge in [0.2, 0.25) is 0 Å². The molecule has 0 bridgehead atoms. The molecule has 0 spiro atoms. The second-order valence-electron chi connectivity index (χ2n) is 6.39. The van der Waals surface area contributed by atoms with Crippen LogP contribution in [0.4, 0.5) is 0 Å². The summed E-state index contributed by atoms with van der Waals surface area (Å²) in [5.41, 5.74) is 2.34. The maximum absolute atomic E-state index is 12.3. The third-order valence-electron chi connectivity index (χ3n) is 4.31. The third-order valence-corrected chi connectivity index (χ3v) is 4.60. The van der Waals surface area contributed by atoms with Gasteiger partial charge in [0, 0.05) is 6.54 Å². The number of rotatable bonds is 6. The molecule has 0 saturated heterocycles. The van der Waals surface area contributed by atoms with Crippen molar-refractivity contribution in [3.05, 3.63) is 70.5 Å². The number of hydrogen-bond donors (Lipinski definition) is 1. The Balaban J connectivity index is 1.32. The summed E-state index contributed by atoms with van der Waals surface area (Å²) >= 11 is 6.24. The van der Waals surface area contributed by atoms with Gasteiger partial charge in [-0.05, 0) is 29.7 Å². The lowest BCUT2D eigenvalue weighted by molar-refractivity contribution is 0.0949. The van der Waals surface area contributed by atoms with Crippen molar-refractivity contribution in [1.29, 1.82) is 0 Å². The highest BCUT2D eigenvalue weighted by atomic mass is 35.5. The van der Waals surface area contributed by atoms with Crippen LogP contribution >= 0.6 is 11.6 Å². The normalized spacial score (nSPS) is 12.6. The van der Waals surface area contributed by atoms with Crippen LogP contribution in [-0.2, 0) is 13.0 Å². The van der Waals surface area contributed by atoms with E-state index in [1.165, 1.54) is 0 Å². The molecule has 0 atom stereocenters. The molecule has 2 heterocycles. The van der Waals surface area contributed by atoms with Crippen LogP contribution in [0.1, 0.15) is 21.6 Å². The first-order valence-corrected chi connectivity index (χ1v) is 9.37. The molecule has 0 radical (unpaired) electrons. The van der Waals surface area contributed by atoms with Crippen LogP contribution in [0, 0.1) is 0 Å². The van der Waals surface area contributed by atoms with E-state index in [1.54, 1.807) is 10.9 Å². The van der Waals surface area contributed by atoms with Crippen molar-refractivity contribution in [3.63, 3.8) is 0 Å². The van der Waals surface area contributed by atoms with E-state index < -0.39 is 0 Å². The number of carbonyl (C=O) groups is 1. The minimum Gasteiger partial charge on any atom is -0.486 e. The highest BCUT2D eigenvalue weighted by Crippen LogP contribution is 2.38. The minimum atomic E-state index is -0.261. The maximum Gasteiger partial charge on any atom is 0.273 e. The van der Waals surface area contributed by atoms with E-state index in [-0.39, 0.29) is 11.6 Å². The van der Waals surface area contributed by atoms with Crippen LogP contribution in [0.25, 0.3) is 0 Å². The van der Waals surface area contributed by atoms with Crippen molar-refractivity contribution in [2.45, 2.75) is 13.0 Å². The third kappa shape index (κ3) is 4.26. The van der Waals surface area contributed by atoms with Gasteiger partial charge in [-0.15, -0.1) is 5.10 Å². The number of halogens is 1. The van der Waals surface area contributed by atoms with E-state index in [0.29, 0.717) is 49.2 Å². The lowest BCUT2D eigenvalue weighted by Crippen LogP contribution is -2.26. The second-order valence-corrected chi connectivity index (χ2v) is 6.80. The van der Waals surface area contributed by atoms with Gasteiger partial charge >= 0.3 is 0 Å². The van der Waals surface area contributed by atoms with Crippen molar-refractivity contribution < 1.29 is 14.3 Å². The standard InChI is InChI=1S/C20H19ClN4O3/c21-16-10-15(11-18-19(16)28-9-8-27-18)6-7-22-20(26)17-13-25(24-23-17)12-14-4-2-1-3-5-14/h1-5,10-11,13H,6-9,12H2,(H,22,26). The van der Waals surface area contributed by atoms with E-state index in [2.05, 4.69) is 15.6 Å². The Morgan fingerprint density at radius 3 is 2.82 bits per heavy atom. The number of nitrogens with zero attached hydrogens (tertiary/aromatic N) is 3. The molecule has 2 aromatic carbocycles. The van der Waals surface area contributed by atoms with Crippen molar-refractivity contribution in [1.82, 2.24) is 20.3 Å². The van der Waals surface area contributed by atoms with Crippen LogP contribution in [0.3, 0.4) is 0 Å². The van der Waals surface area contributed by atoms with Gasteiger partial charge in [-0.25, -0.2) is 4.68 Å². The quantitative estimate of drug-likeness (QED) is 0.690.